The minimum atomic E-state index is -0.0229. The zero-order valence-electron chi connectivity index (χ0n) is 18.3. The maximum absolute atomic E-state index is 12.6. The summed E-state index contributed by atoms with van der Waals surface area (Å²) in [5, 5.41) is 3.04. The van der Waals surface area contributed by atoms with Crippen LogP contribution in [0.3, 0.4) is 0 Å². The molecule has 3 nitrogen and oxygen atoms in total. The van der Waals surface area contributed by atoms with Gasteiger partial charge in [0.05, 0.1) is 5.69 Å². The number of carbonyl (C=O) groups is 1. The molecule has 0 saturated carbocycles. The van der Waals surface area contributed by atoms with Crippen LogP contribution >= 0.6 is 0 Å². The topological polar surface area (TPSA) is 34.0 Å². The van der Waals surface area contributed by atoms with E-state index < -0.39 is 0 Å². The van der Waals surface area contributed by atoms with Gasteiger partial charge in [0.2, 0.25) is 0 Å². The van der Waals surface area contributed by atoms with E-state index >= 15 is 0 Å². The normalized spacial score (nSPS) is 12.9. The zero-order valence-corrected chi connectivity index (χ0v) is 18.3. The lowest BCUT2D eigenvalue weighted by Crippen LogP contribution is -2.25. The molecule has 5 rings (SSSR count). The van der Waals surface area contributed by atoms with Gasteiger partial charge in [0.1, 0.15) is 0 Å². The summed E-state index contributed by atoms with van der Waals surface area (Å²) in [5.41, 5.74) is 8.38. The number of rotatable bonds is 6. The zero-order chi connectivity index (χ0) is 21.8. The van der Waals surface area contributed by atoms with Gasteiger partial charge in [-0.3, -0.25) is 4.79 Å². The molecule has 1 N–H and O–H groups in total. The van der Waals surface area contributed by atoms with E-state index in [4.69, 9.17) is 0 Å². The largest absolute Gasteiger partial charge is 0.352 e. The third-order valence-corrected chi connectivity index (χ3v) is 6.30. The summed E-state index contributed by atoms with van der Waals surface area (Å²) >= 11 is 0. The van der Waals surface area contributed by atoms with Crippen molar-refractivity contribution < 1.29 is 4.79 Å². The molecule has 0 unspecified atom stereocenters. The molecule has 1 aromatic heterocycles. The van der Waals surface area contributed by atoms with Crippen LogP contribution in [0.2, 0.25) is 0 Å². The van der Waals surface area contributed by atoms with E-state index in [2.05, 4.69) is 70.5 Å². The van der Waals surface area contributed by atoms with Crippen LogP contribution in [-0.2, 0) is 19.3 Å². The van der Waals surface area contributed by atoms with Gasteiger partial charge in [0.15, 0.2) is 0 Å². The Balaban J connectivity index is 1.37. The van der Waals surface area contributed by atoms with E-state index in [1.807, 2.05) is 30.3 Å². The number of hydrogen-bond donors (Lipinski definition) is 1. The number of nitrogens with zero attached hydrogens (tertiary/aromatic N) is 1. The summed E-state index contributed by atoms with van der Waals surface area (Å²) in [6, 6.07) is 31.2. The van der Waals surface area contributed by atoms with Crippen molar-refractivity contribution >= 4 is 5.91 Å². The Morgan fingerprint density at radius 1 is 0.812 bits per heavy atom. The van der Waals surface area contributed by atoms with Gasteiger partial charge in [-0.25, -0.2) is 0 Å². The Bertz CT molecular complexity index is 1190. The number of aromatic nitrogens is 1. The molecular formula is C29H28N2O. The molecule has 3 aromatic carbocycles. The van der Waals surface area contributed by atoms with E-state index in [-0.39, 0.29) is 5.91 Å². The number of aryl methyl sites for hydroxylation is 1. The lowest BCUT2D eigenvalue weighted by molar-refractivity contribution is 0.0954. The number of amides is 1. The molecule has 32 heavy (non-hydrogen) atoms. The van der Waals surface area contributed by atoms with E-state index in [0.717, 1.165) is 24.9 Å². The van der Waals surface area contributed by atoms with Crippen molar-refractivity contribution in [2.24, 2.45) is 0 Å². The smallest absolute Gasteiger partial charge is 0.251 e. The van der Waals surface area contributed by atoms with Gasteiger partial charge >= 0.3 is 0 Å². The average Bonchev–Trinajstić information content (AvgIpc) is 3.25. The summed E-state index contributed by atoms with van der Waals surface area (Å²) in [6.07, 6.45) is 5.56. The maximum atomic E-state index is 12.6. The fourth-order valence-corrected chi connectivity index (χ4v) is 4.64. The van der Waals surface area contributed by atoms with Crippen LogP contribution in [0.15, 0.2) is 91.0 Å². The molecule has 1 amide bonds. The van der Waals surface area contributed by atoms with Crippen molar-refractivity contribution in [2.45, 2.75) is 32.1 Å². The Kier molecular flexibility index (Phi) is 5.89. The molecule has 0 bridgehead atoms. The van der Waals surface area contributed by atoms with Crippen LogP contribution < -0.4 is 5.32 Å². The van der Waals surface area contributed by atoms with Crippen LogP contribution in [0.4, 0.5) is 0 Å². The first kappa shape index (κ1) is 20.3. The van der Waals surface area contributed by atoms with Gasteiger partial charge in [-0.15, -0.1) is 0 Å². The number of benzene rings is 3. The number of hydrogen-bond acceptors (Lipinski definition) is 1. The van der Waals surface area contributed by atoms with Gasteiger partial charge in [-0.1, -0.05) is 60.7 Å². The molecule has 1 heterocycles. The van der Waals surface area contributed by atoms with Crippen molar-refractivity contribution in [3.8, 4) is 16.9 Å². The van der Waals surface area contributed by atoms with Crippen LogP contribution in [0.25, 0.3) is 16.9 Å². The Hall–Kier alpha value is -3.59. The highest BCUT2D eigenvalue weighted by Crippen LogP contribution is 2.33. The van der Waals surface area contributed by atoms with Crippen LogP contribution in [0.1, 0.15) is 40.0 Å². The first-order valence-electron chi connectivity index (χ1n) is 11.5. The van der Waals surface area contributed by atoms with Gasteiger partial charge in [0.25, 0.3) is 5.91 Å². The Labute approximate surface area is 189 Å². The maximum Gasteiger partial charge on any atom is 0.251 e. The fraction of sp³-hybridized carbons (Fsp3) is 0.207. The highest BCUT2D eigenvalue weighted by Gasteiger charge is 2.20. The molecule has 0 saturated heterocycles. The summed E-state index contributed by atoms with van der Waals surface area (Å²) in [4.78, 5) is 12.6. The summed E-state index contributed by atoms with van der Waals surface area (Å²) in [6.45, 7) is 0.633. The SMILES string of the molecule is O=C(NCCc1ccccc1)c1ccc(-n2c(-c3ccccc3)cc3c2CCCC3)cc1. The third kappa shape index (κ3) is 4.24. The lowest BCUT2D eigenvalue weighted by Gasteiger charge is -2.18. The molecule has 1 aliphatic carbocycles. The highest BCUT2D eigenvalue weighted by molar-refractivity contribution is 5.94. The van der Waals surface area contributed by atoms with Gasteiger partial charge in [-0.2, -0.15) is 0 Å². The third-order valence-electron chi connectivity index (χ3n) is 6.30. The minimum Gasteiger partial charge on any atom is -0.352 e. The predicted octanol–water partition coefficient (Wildman–Crippen LogP) is 6.00. The van der Waals surface area contributed by atoms with E-state index in [9.17, 15) is 4.79 Å². The molecular weight excluding hydrogens is 392 g/mol. The first-order valence-corrected chi connectivity index (χ1v) is 11.5. The first-order chi connectivity index (χ1) is 15.8. The van der Waals surface area contributed by atoms with Crippen molar-refractivity contribution in [2.75, 3.05) is 6.54 Å². The van der Waals surface area contributed by atoms with Crippen LogP contribution in [0.5, 0.6) is 0 Å². The molecule has 160 valence electrons. The Morgan fingerprint density at radius 3 is 2.25 bits per heavy atom. The second-order valence-corrected chi connectivity index (χ2v) is 8.45. The summed E-state index contributed by atoms with van der Waals surface area (Å²) in [5.74, 6) is -0.0229. The molecule has 3 heteroatoms. The molecule has 0 atom stereocenters. The van der Waals surface area contributed by atoms with Gasteiger partial charge in [-0.05, 0) is 79.1 Å². The second kappa shape index (κ2) is 9.27. The number of nitrogens with one attached hydrogen (secondary N) is 1. The quantitative estimate of drug-likeness (QED) is 0.408. The molecule has 4 aromatic rings. The van der Waals surface area contributed by atoms with E-state index in [0.29, 0.717) is 12.1 Å². The fourth-order valence-electron chi connectivity index (χ4n) is 4.64. The minimum absolute atomic E-state index is 0.0229. The van der Waals surface area contributed by atoms with Gasteiger partial charge in [0, 0.05) is 23.5 Å². The number of carbonyl (C=O) groups excluding carboxylic acids is 1. The van der Waals surface area contributed by atoms with Crippen LogP contribution in [-0.4, -0.2) is 17.0 Å². The van der Waals surface area contributed by atoms with Gasteiger partial charge < -0.3 is 9.88 Å². The monoisotopic (exact) mass is 420 g/mol. The molecule has 1 aliphatic rings. The highest BCUT2D eigenvalue weighted by atomic mass is 16.1. The molecule has 0 spiro atoms. The Morgan fingerprint density at radius 2 is 1.50 bits per heavy atom. The number of fused-ring (bicyclic) bond motifs is 1. The van der Waals surface area contributed by atoms with Crippen molar-refractivity contribution in [3.05, 3.63) is 113 Å². The average molecular weight is 421 g/mol. The van der Waals surface area contributed by atoms with E-state index in [1.54, 1.807) is 0 Å². The summed E-state index contributed by atoms with van der Waals surface area (Å²) < 4.78 is 2.39. The predicted molar refractivity (Wildman–Crippen MR) is 130 cm³/mol. The van der Waals surface area contributed by atoms with Crippen LogP contribution in [0, 0.1) is 0 Å². The van der Waals surface area contributed by atoms with Crippen molar-refractivity contribution in [1.29, 1.82) is 0 Å². The lowest BCUT2D eigenvalue weighted by atomic mass is 9.98. The molecule has 0 aliphatic heterocycles. The van der Waals surface area contributed by atoms with E-state index in [1.165, 1.54) is 40.9 Å². The van der Waals surface area contributed by atoms with Crippen molar-refractivity contribution in [1.82, 2.24) is 9.88 Å². The summed E-state index contributed by atoms with van der Waals surface area (Å²) in [7, 11) is 0. The van der Waals surface area contributed by atoms with Crippen molar-refractivity contribution in [3.63, 3.8) is 0 Å². The second-order valence-electron chi connectivity index (χ2n) is 8.45. The molecule has 0 fully saturated rings. The standard InChI is InChI=1S/C29H28N2O/c32-29(30-20-19-22-9-3-1-4-10-22)24-15-17-26(18-16-24)31-27-14-8-7-13-25(27)21-28(31)23-11-5-2-6-12-23/h1-6,9-12,15-18,21H,7-8,13-14,19-20H2,(H,30,32). The molecule has 0 radical (unpaired) electrons.